The molecule has 2 aromatic heterocycles. The van der Waals surface area contributed by atoms with Crippen molar-refractivity contribution in [3.05, 3.63) is 54.4 Å². The molecule has 6 nitrogen and oxygen atoms in total. The van der Waals surface area contributed by atoms with E-state index >= 15 is 0 Å². The Balaban J connectivity index is 1.65. The van der Waals surface area contributed by atoms with Crippen molar-refractivity contribution < 1.29 is 36.2 Å². The number of hydrogen-bond acceptors (Lipinski definition) is 4. The van der Waals surface area contributed by atoms with E-state index in [-0.39, 0.29) is 12.1 Å². The number of H-pyrrole nitrogens is 1. The zero-order chi connectivity index (χ0) is 22.9. The van der Waals surface area contributed by atoms with Gasteiger partial charge in [-0.15, -0.1) is 0 Å². The third kappa shape index (κ3) is 4.53. The Morgan fingerprint density at radius 3 is 2.35 bits per heavy atom. The summed E-state index contributed by atoms with van der Waals surface area (Å²) in [6, 6.07) is 6.07. The number of alkyl halides is 6. The number of pyridine rings is 1. The molecule has 0 atom stereocenters. The highest BCUT2D eigenvalue weighted by Gasteiger charge is 2.71. The van der Waals surface area contributed by atoms with Gasteiger partial charge in [-0.05, 0) is 24.3 Å². The standard InChI is InChI=1S/C19H14F6N4O2/c20-18(21,22)17(31,19(23,24)25)12-1-3-13(4-2-12)29-15(30)6-8-26-14-9-11-5-7-27-16(11)28-10-14/h1-5,7-10,31H,6H2,(H,27,28)(H,29,30). The molecule has 31 heavy (non-hydrogen) atoms. The van der Waals surface area contributed by atoms with E-state index < -0.39 is 29.4 Å². The molecule has 0 spiro atoms. The van der Waals surface area contributed by atoms with Gasteiger partial charge in [-0.25, -0.2) is 4.98 Å². The number of amides is 1. The maximum Gasteiger partial charge on any atom is 0.430 e. The predicted molar refractivity (Wildman–Crippen MR) is 99.9 cm³/mol. The number of carbonyl (C=O) groups excluding carboxylic acids is 1. The summed E-state index contributed by atoms with van der Waals surface area (Å²) in [6.45, 7) is 0. The first kappa shape index (κ1) is 22.3. The van der Waals surface area contributed by atoms with Crippen LogP contribution in [0.4, 0.5) is 37.7 Å². The van der Waals surface area contributed by atoms with Crippen LogP contribution in [0.1, 0.15) is 12.0 Å². The van der Waals surface area contributed by atoms with E-state index in [1.807, 2.05) is 0 Å². The number of nitrogens with one attached hydrogen (secondary N) is 2. The SMILES string of the molecule is O=C(CC=Nc1cnc2[nH]ccc2c1)Nc1ccc(C(O)(C(F)(F)F)C(F)(F)F)cc1. The Bertz CT molecular complexity index is 1090. The lowest BCUT2D eigenvalue weighted by atomic mass is 9.92. The van der Waals surface area contributed by atoms with Crippen LogP contribution >= 0.6 is 0 Å². The van der Waals surface area contributed by atoms with Gasteiger partial charge in [-0.1, -0.05) is 12.1 Å². The second kappa shape index (κ2) is 8.02. The Hall–Kier alpha value is -3.41. The number of aliphatic hydroxyl groups is 1. The molecule has 0 aliphatic heterocycles. The molecule has 0 saturated carbocycles. The first-order valence-corrected chi connectivity index (χ1v) is 8.64. The smallest absolute Gasteiger partial charge is 0.369 e. The number of rotatable bonds is 5. The Kier molecular flexibility index (Phi) is 5.77. The zero-order valence-electron chi connectivity index (χ0n) is 15.4. The average Bonchev–Trinajstić information content (AvgIpc) is 3.14. The molecule has 3 N–H and O–H groups in total. The van der Waals surface area contributed by atoms with Gasteiger partial charge in [0.2, 0.25) is 5.91 Å². The van der Waals surface area contributed by atoms with Crippen molar-refractivity contribution in [2.45, 2.75) is 24.4 Å². The lowest BCUT2D eigenvalue weighted by molar-refractivity contribution is -0.376. The van der Waals surface area contributed by atoms with Crippen LogP contribution in [0.3, 0.4) is 0 Å². The number of carbonyl (C=O) groups is 1. The Morgan fingerprint density at radius 1 is 1.10 bits per heavy atom. The van der Waals surface area contributed by atoms with Crippen LogP contribution < -0.4 is 5.32 Å². The Morgan fingerprint density at radius 2 is 1.74 bits per heavy atom. The first-order valence-electron chi connectivity index (χ1n) is 8.64. The number of anilines is 1. The minimum absolute atomic E-state index is 0.0516. The molecule has 12 heteroatoms. The molecule has 0 fully saturated rings. The van der Waals surface area contributed by atoms with Crippen molar-refractivity contribution in [2.24, 2.45) is 4.99 Å². The lowest BCUT2D eigenvalue weighted by Crippen LogP contribution is -2.53. The van der Waals surface area contributed by atoms with Crippen molar-refractivity contribution in [3.8, 4) is 0 Å². The zero-order valence-corrected chi connectivity index (χ0v) is 15.4. The molecule has 0 radical (unpaired) electrons. The Labute approximate surface area is 170 Å². The highest BCUT2D eigenvalue weighted by Crippen LogP contribution is 2.50. The van der Waals surface area contributed by atoms with Crippen LogP contribution in [0.5, 0.6) is 0 Å². The average molecular weight is 444 g/mol. The predicted octanol–water partition coefficient (Wildman–Crippen LogP) is 4.61. The molecule has 1 amide bonds. The summed E-state index contributed by atoms with van der Waals surface area (Å²) < 4.78 is 77.3. The van der Waals surface area contributed by atoms with Gasteiger partial charge < -0.3 is 15.4 Å². The van der Waals surface area contributed by atoms with Gasteiger partial charge in [0.1, 0.15) is 5.65 Å². The fourth-order valence-electron chi connectivity index (χ4n) is 2.73. The maximum absolute atomic E-state index is 12.9. The summed E-state index contributed by atoms with van der Waals surface area (Å²) in [6.07, 6.45) is -7.70. The van der Waals surface area contributed by atoms with Gasteiger partial charge >= 0.3 is 12.4 Å². The third-order valence-corrected chi connectivity index (χ3v) is 4.31. The van der Waals surface area contributed by atoms with E-state index in [1.165, 1.54) is 12.4 Å². The molecule has 0 unspecified atom stereocenters. The van der Waals surface area contributed by atoms with Crippen molar-refractivity contribution >= 4 is 34.5 Å². The molecule has 164 valence electrons. The highest BCUT2D eigenvalue weighted by molar-refractivity contribution is 5.99. The molecule has 0 bridgehead atoms. The molecule has 0 aliphatic rings. The molecular formula is C19H14F6N4O2. The normalized spacial score (nSPS) is 13.1. The van der Waals surface area contributed by atoms with E-state index in [0.717, 1.165) is 17.5 Å². The second-order valence-corrected chi connectivity index (χ2v) is 6.46. The van der Waals surface area contributed by atoms with Gasteiger partial charge in [0.05, 0.1) is 18.3 Å². The van der Waals surface area contributed by atoms with Crippen LogP contribution in [0, 0.1) is 0 Å². The van der Waals surface area contributed by atoms with Crippen LogP contribution in [-0.4, -0.2) is 39.5 Å². The maximum atomic E-state index is 12.9. The van der Waals surface area contributed by atoms with Crippen molar-refractivity contribution in [1.82, 2.24) is 9.97 Å². The molecular weight excluding hydrogens is 430 g/mol. The van der Waals surface area contributed by atoms with Gasteiger partial charge in [0.25, 0.3) is 5.60 Å². The molecule has 0 aliphatic carbocycles. The summed E-state index contributed by atoms with van der Waals surface area (Å²) in [5, 5.41) is 12.5. The summed E-state index contributed by atoms with van der Waals surface area (Å²) in [4.78, 5) is 23.0. The fraction of sp³-hybridized carbons (Fsp3) is 0.211. The molecule has 2 heterocycles. The van der Waals surface area contributed by atoms with Gasteiger partial charge in [0, 0.05) is 29.0 Å². The number of aromatic nitrogens is 2. The number of hydrogen-bond donors (Lipinski definition) is 3. The van der Waals surface area contributed by atoms with Gasteiger partial charge in [0.15, 0.2) is 0 Å². The lowest BCUT2D eigenvalue weighted by Gasteiger charge is -2.32. The topological polar surface area (TPSA) is 90.4 Å². The van der Waals surface area contributed by atoms with Crippen LogP contribution in [0.15, 0.2) is 53.8 Å². The first-order chi connectivity index (χ1) is 14.4. The number of fused-ring (bicyclic) bond motifs is 1. The van der Waals surface area contributed by atoms with Crippen molar-refractivity contribution in [3.63, 3.8) is 0 Å². The minimum atomic E-state index is -5.98. The summed E-state index contributed by atoms with van der Waals surface area (Å²) in [5.41, 5.74) is -5.33. The van der Waals surface area contributed by atoms with E-state index in [2.05, 4.69) is 20.3 Å². The van der Waals surface area contributed by atoms with E-state index in [0.29, 0.717) is 23.5 Å². The van der Waals surface area contributed by atoms with Crippen LogP contribution in [0.25, 0.3) is 11.0 Å². The highest BCUT2D eigenvalue weighted by atomic mass is 19.4. The number of halogens is 6. The fourth-order valence-corrected chi connectivity index (χ4v) is 2.73. The van der Waals surface area contributed by atoms with E-state index in [1.54, 1.807) is 18.3 Å². The van der Waals surface area contributed by atoms with Crippen LogP contribution in [-0.2, 0) is 10.4 Å². The molecule has 0 saturated heterocycles. The molecule has 3 rings (SSSR count). The monoisotopic (exact) mass is 444 g/mol. The second-order valence-electron chi connectivity index (χ2n) is 6.46. The third-order valence-electron chi connectivity index (χ3n) is 4.31. The van der Waals surface area contributed by atoms with Crippen molar-refractivity contribution in [1.29, 1.82) is 0 Å². The number of benzene rings is 1. The largest absolute Gasteiger partial charge is 0.430 e. The van der Waals surface area contributed by atoms with E-state index in [9.17, 15) is 36.2 Å². The number of nitrogens with zero attached hydrogens (tertiary/aromatic N) is 2. The van der Waals surface area contributed by atoms with Crippen LogP contribution in [0.2, 0.25) is 0 Å². The minimum Gasteiger partial charge on any atom is -0.369 e. The number of aromatic amines is 1. The summed E-state index contributed by atoms with van der Waals surface area (Å²) in [5.74, 6) is -0.603. The molecule has 3 aromatic rings. The molecule has 1 aromatic carbocycles. The van der Waals surface area contributed by atoms with E-state index in [4.69, 9.17) is 0 Å². The van der Waals surface area contributed by atoms with Crippen molar-refractivity contribution in [2.75, 3.05) is 5.32 Å². The summed E-state index contributed by atoms with van der Waals surface area (Å²) >= 11 is 0. The quantitative estimate of drug-likeness (QED) is 0.397. The summed E-state index contributed by atoms with van der Waals surface area (Å²) in [7, 11) is 0. The van der Waals surface area contributed by atoms with Gasteiger partial charge in [-0.2, -0.15) is 26.3 Å². The van der Waals surface area contributed by atoms with Gasteiger partial charge in [-0.3, -0.25) is 9.79 Å². The number of aliphatic imine (C=N–C) groups is 1.